The number of hydrogen-bond acceptors (Lipinski definition) is 4. The molecular weight excluding hydrogens is 236 g/mol. The average Bonchev–Trinajstić information content (AvgIpc) is 2.39. The van der Waals surface area contributed by atoms with Crippen molar-refractivity contribution in [1.82, 2.24) is 0 Å². The Morgan fingerprint density at radius 2 is 2.12 bits per heavy atom. The van der Waals surface area contributed by atoms with Gasteiger partial charge in [0.25, 0.3) is 0 Å². The van der Waals surface area contributed by atoms with Crippen molar-refractivity contribution in [3.8, 4) is 6.07 Å². The number of nitrogens with zero attached hydrogens (tertiary/aromatic N) is 2. The van der Waals surface area contributed by atoms with E-state index in [1.54, 1.807) is 6.07 Å². The topological polar surface area (TPSA) is 64.3 Å². The van der Waals surface area contributed by atoms with Crippen LogP contribution in [-0.2, 0) is 17.4 Å². The molecule has 1 aromatic rings. The Labute approximate surface area is 103 Å². The average molecular weight is 250 g/mol. The summed E-state index contributed by atoms with van der Waals surface area (Å²) in [6, 6.07) is 7.54. The summed E-state index contributed by atoms with van der Waals surface area (Å²) in [6.45, 7) is 1.39. The van der Waals surface area contributed by atoms with Crippen molar-refractivity contribution in [2.24, 2.45) is 0 Å². The summed E-state index contributed by atoms with van der Waals surface area (Å²) in [5, 5.41) is 18.1. The van der Waals surface area contributed by atoms with Gasteiger partial charge in [-0.15, -0.1) is 0 Å². The van der Waals surface area contributed by atoms with Gasteiger partial charge in [-0.1, -0.05) is 6.07 Å². The fourth-order valence-electron chi connectivity index (χ4n) is 1.93. The lowest BCUT2D eigenvalue weighted by Crippen LogP contribution is -2.38. The molecule has 1 fully saturated rings. The van der Waals surface area contributed by atoms with Gasteiger partial charge in [0, 0.05) is 35.4 Å². The van der Waals surface area contributed by atoms with E-state index in [2.05, 4.69) is 11.0 Å². The Morgan fingerprint density at radius 3 is 2.71 bits per heavy atom. The van der Waals surface area contributed by atoms with Gasteiger partial charge in [0.05, 0.1) is 17.9 Å². The molecule has 1 saturated heterocycles. The van der Waals surface area contributed by atoms with Crippen LogP contribution in [0.15, 0.2) is 18.2 Å². The van der Waals surface area contributed by atoms with Crippen LogP contribution in [0.4, 0.5) is 5.69 Å². The molecule has 2 rings (SSSR count). The minimum absolute atomic E-state index is 0.0566. The number of rotatable bonds is 2. The first-order valence-corrected chi connectivity index (χ1v) is 6.97. The maximum Gasteiger partial charge on any atom is 0.101 e. The molecule has 0 spiro atoms. The van der Waals surface area contributed by atoms with Crippen LogP contribution < -0.4 is 4.90 Å². The van der Waals surface area contributed by atoms with E-state index in [1.807, 2.05) is 12.1 Å². The van der Waals surface area contributed by atoms with Gasteiger partial charge < -0.3 is 10.0 Å². The quantitative estimate of drug-likeness (QED) is 0.835. The SMILES string of the molecule is N#Cc1cc(CO)ccc1N1CCS(=O)CC1. The lowest BCUT2D eigenvalue weighted by Gasteiger charge is -2.29. The second-order valence-corrected chi connectivity index (χ2v) is 5.65. The Balaban J connectivity index is 2.26. The zero-order valence-electron chi connectivity index (χ0n) is 9.43. The third-order valence-corrected chi connectivity index (χ3v) is 4.16. The van der Waals surface area contributed by atoms with E-state index in [9.17, 15) is 4.21 Å². The van der Waals surface area contributed by atoms with Gasteiger partial charge in [0.2, 0.25) is 0 Å². The highest BCUT2D eigenvalue weighted by molar-refractivity contribution is 7.85. The summed E-state index contributed by atoms with van der Waals surface area (Å²) in [7, 11) is -0.714. The van der Waals surface area contributed by atoms with Crippen LogP contribution in [0, 0.1) is 11.3 Å². The van der Waals surface area contributed by atoms with E-state index in [0.29, 0.717) is 17.1 Å². The second kappa shape index (κ2) is 5.30. The minimum Gasteiger partial charge on any atom is -0.392 e. The maximum atomic E-state index is 11.3. The molecule has 4 nitrogen and oxygen atoms in total. The van der Waals surface area contributed by atoms with Crippen molar-refractivity contribution >= 4 is 16.5 Å². The van der Waals surface area contributed by atoms with Crippen LogP contribution in [0.1, 0.15) is 11.1 Å². The van der Waals surface area contributed by atoms with Gasteiger partial charge in [-0.3, -0.25) is 4.21 Å². The summed E-state index contributed by atoms with van der Waals surface area (Å²) < 4.78 is 11.3. The molecule has 1 heterocycles. The molecule has 1 aliphatic heterocycles. The van der Waals surface area contributed by atoms with Gasteiger partial charge in [-0.2, -0.15) is 5.26 Å². The highest BCUT2D eigenvalue weighted by atomic mass is 32.2. The molecule has 0 radical (unpaired) electrons. The molecule has 0 unspecified atom stereocenters. The van der Waals surface area contributed by atoms with E-state index in [0.717, 1.165) is 24.3 Å². The Kier molecular flexibility index (Phi) is 3.77. The summed E-state index contributed by atoms with van der Waals surface area (Å²) in [5.74, 6) is 1.32. The molecular formula is C12H14N2O2S. The van der Waals surface area contributed by atoms with Gasteiger partial charge >= 0.3 is 0 Å². The highest BCUT2D eigenvalue weighted by Gasteiger charge is 2.18. The number of hydrogen-bond donors (Lipinski definition) is 1. The van der Waals surface area contributed by atoms with E-state index in [4.69, 9.17) is 10.4 Å². The van der Waals surface area contributed by atoms with Crippen molar-refractivity contribution in [2.45, 2.75) is 6.61 Å². The van der Waals surface area contributed by atoms with E-state index < -0.39 is 10.8 Å². The van der Waals surface area contributed by atoms with Crippen molar-refractivity contribution in [2.75, 3.05) is 29.5 Å². The van der Waals surface area contributed by atoms with Gasteiger partial charge in [0.15, 0.2) is 0 Å². The predicted octanol–water partition coefficient (Wildman–Crippen LogP) is 0.619. The normalized spacial score (nSPS) is 16.8. The Morgan fingerprint density at radius 1 is 1.41 bits per heavy atom. The number of nitriles is 1. The summed E-state index contributed by atoms with van der Waals surface area (Å²) in [6.07, 6.45) is 0. The number of aliphatic hydroxyl groups is 1. The fraction of sp³-hybridized carbons (Fsp3) is 0.417. The number of benzene rings is 1. The summed E-state index contributed by atoms with van der Waals surface area (Å²) in [5.41, 5.74) is 2.19. The van der Waals surface area contributed by atoms with Crippen LogP contribution in [0.3, 0.4) is 0 Å². The smallest absolute Gasteiger partial charge is 0.101 e. The third kappa shape index (κ3) is 2.65. The van der Waals surface area contributed by atoms with Crippen molar-refractivity contribution in [1.29, 1.82) is 5.26 Å². The molecule has 90 valence electrons. The van der Waals surface area contributed by atoms with E-state index >= 15 is 0 Å². The standard InChI is InChI=1S/C12H14N2O2S/c13-8-11-7-10(9-15)1-2-12(11)14-3-5-17(16)6-4-14/h1-2,7,15H,3-6,9H2. The summed E-state index contributed by atoms with van der Waals surface area (Å²) >= 11 is 0. The van der Waals surface area contributed by atoms with Crippen LogP contribution in [0.25, 0.3) is 0 Å². The first kappa shape index (κ1) is 12.1. The molecule has 0 atom stereocenters. The zero-order valence-corrected chi connectivity index (χ0v) is 10.2. The van der Waals surface area contributed by atoms with Gasteiger partial charge in [0.1, 0.15) is 6.07 Å². The lowest BCUT2D eigenvalue weighted by molar-refractivity contribution is 0.282. The van der Waals surface area contributed by atoms with Gasteiger partial charge in [-0.05, 0) is 17.7 Å². The predicted molar refractivity (Wildman–Crippen MR) is 67.2 cm³/mol. The largest absolute Gasteiger partial charge is 0.392 e. The molecule has 0 aliphatic carbocycles. The van der Waals surface area contributed by atoms with E-state index in [1.165, 1.54) is 0 Å². The molecule has 0 amide bonds. The molecule has 0 saturated carbocycles. The molecule has 1 aliphatic rings. The third-order valence-electron chi connectivity index (χ3n) is 2.88. The van der Waals surface area contributed by atoms with Crippen molar-refractivity contribution in [3.05, 3.63) is 29.3 Å². The Bertz CT molecular complexity index is 472. The van der Waals surface area contributed by atoms with Crippen LogP contribution in [0.2, 0.25) is 0 Å². The van der Waals surface area contributed by atoms with Gasteiger partial charge in [-0.25, -0.2) is 0 Å². The maximum absolute atomic E-state index is 11.3. The highest BCUT2D eigenvalue weighted by Crippen LogP contribution is 2.22. The fourth-order valence-corrected chi connectivity index (χ4v) is 2.98. The zero-order chi connectivity index (χ0) is 12.3. The lowest BCUT2D eigenvalue weighted by atomic mass is 10.1. The molecule has 0 bridgehead atoms. The van der Waals surface area contributed by atoms with Crippen molar-refractivity contribution in [3.63, 3.8) is 0 Å². The van der Waals surface area contributed by atoms with Crippen molar-refractivity contribution < 1.29 is 9.32 Å². The molecule has 1 N–H and O–H groups in total. The first-order valence-electron chi connectivity index (χ1n) is 5.48. The number of anilines is 1. The van der Waals surface area contributed by atoms with Crippen LogP contribution in [-0.4, -0.2) is 33.9 Å². The first-order chi connectivity index (χ1) is 8.24. The number of aliphatic hydroxyl groups excluding tert-OH is 1. The minimum atomic E-state index is -0.714. The molecule has 5 heteroatoms. The second-order valence-electron chi connectivity index (χ2n) is 3.96. The van der Waals surface area contributed by atoms with Crippen LogP contribution in [0.5, 0.6) is 0 Å². The molecule has 17 heavy (non-hydrogen) atoms. The van der Waals surface area contributed by atoms with Crippen LogP contribution >= 0.6 is 0 Å². The molecule has 0 aromatic heterocycles. The van der Waals surface area contributed by atoms with E-state index in [-0.39, 0.29) is 6.61 Å². The summed E-state index contributed by atoms with van der Waals surface area (Å²) in [4.78, 5) is 2.08. The Hall–Kier alpha value is -1.38. The monoisotopic (exact) mass is 250 g/mol. The molecule has 1 aromatic carbocycles.